The van der Waals surface area contributed by atoms with Crippen LogP contribution in [-0.4, -0.2) is 37.0 Å². The summed E-state index contributed by atoms with van der Waals surface area (Å²) < 4.78 is 16.4. The SMILES string of the molecule is [N-]=[N+]=N[C@H]1C=C[C@H](OC(=O)c2ccccc2)[C@@H](COC(=O)c2ccccc2)O1. The molecule has 0 spiro atoms. The van der Waals surface area contributed by atoms with Gasteiger partial charge in [0, 0.05) is 4.91 Å². The summed E-state index contributed by atoms with van der Waals surface area (Å²) in [5, 5.41) is 3.48. The van der Waals surface area contributed by atoms with Crippen LogP contribution in [0.3, 0.4) is 0 Å². The van der Waals surface area contributed by atoms with Crippen molar-refractivity contribution in [3.8, 4) is 0 Å². The molecule has 2 aromatic rings. The van der Waals surface area contributed by atoms with Crippen LogP contribution in [0.1, 0.15) is 20.7 Å². The minimum absolute atomic E-state index is 0.178. The van der Waals surface area contributed by atoms with E-state index >= 15 is 0 Å². The Morgan fingerprint density at radius 3 is 2.18 bits per heavy atom. The molecule has 2 aromatic carbocycles. The number of ether oxygens (including phenoxy) is 3. The lowest BCUT2D eigenvalue weighted by molar-refractivity contribution is -0.0874. The lowest BCUT2D eigenvalue weighted by atomic mass is 10.1. The van der Waals surface area contributed by atoms with E-state index in [2.05, 4.69) is 10.0 Å². The van der Waals surface area contributed by atoms with Crippen molar-refractivity contribution in [1.29, 1.82) is 0 Å². The zero-order valence-electron chi connectivity index (χ0n) is 14.8. The van der Waals surface area contributed by atoms with E-state index in [0.29, 0.717) is 11.1 Å². The summed E-state index contributed by atoms with van der Waals surface area (Å²) in [4.78, 5) is 27.2. The Hall–Kier alpha value is -3.61. The first-order chi connectivity index (χ1) is 13.7. The molecule has 0 radical (unpaired) electrons. The van der Waals surface area contributed by atoms with Crippen LogP contribution in [0.15, 0.2) is 77.9 Å². The first kappa shape index (κ1) is 19.2. The molecule has 0 N–H and O–H groups in total. The van der Waals surface area contributed by atoms with Gasteiger partial charge in [-0.3, -0.25) is 0 Å². The number of esters is 2. The van der Waals surface area contributed by atoms with Gasteiger partial charge in [-0.25, -0.2) is 9.59 Å². The van der Waals surface area contributed by atoms with Crippen LogP contribution in [0, 0.1) is 0 Å². The molecule has 0 saturated carbocycles. The average molecular weight is 379 g/mol. The molecule has 0 amide bonds. The second-order valence-corrected chi connectivity index (χ2v) is 5.86. The molecule has 0 bridgehead atoms. The van der Waals surface area contributed by atoms with Crippen molar-refractivity contribution in [1.82, 2.24) is 0 Å². The highest BCUT2D eigenvalue weighted by molar-refractivity contribution is 5.90. The first-order valence-electron chi connectivity index (χ1n) is 8.53. The van der Waals surface area contributed by atoms with Gasteiger partial charge in [-0.1, -0.05) is 47.6 Å². The van der Waals surface area contributed by atoms with Crippen LogP contribution in [0.25, 0.3) is 10.4 Å². The molecule has 0 aliphatic carbocycles. The molecular formula is C20H17N3O5. The highest BCUT2D eigenvalue weighted by atomic mass is 16.6. The van der Waals surface area contributed by atoms with E-state index in [9.17, 15) is 9.59 Å². The van der Waals surface area contributed by atoms with E-state index in [1.165, 1.54) is 6.08 Å². The zero-order valence-corrected chi connectivity index (χ0v) is 14.8. The number of carbonyl (C=O) groups is 2. The summed E-state index contributed by atoms with van der Waals surface area (Å²) in [7, 11) is 0. The predicted octanol–water partition coefficient (Wildman–Crippen LogP) is 3.66. The van der Waals surface area contributed by atoms with E-state index in [0.717, 1.165) is 0 Å². The highest BCUT2D eigenvalue weighted by Gasteiger charge is 2.31. The second kappa shape index (κ2) is 9.36. The third-order valence-electron chi connectivity index (χ3n) is 3.95. The van der Waals surface area contributed by atoms with Crippen LogP contribution < -0.4 is 0 Å². The second-order valence-electron chi connectivity index (χ2n) is 5.86. The topological polar surface area (TPSA) is 111 Å². The summed E-state index contributed by atoms with van der Waals surface area (Å²) in [6.45, 7) is -0.178. The van der Waals surface area contributed by atoms with Crippen LogP contribution in [0.4, 0.5) is 0 Å². The van der Waals surface area contributed by atoms with Gasteiger partial charge in [-0.2, -0.15) is 0 Å². The molecule has 1 aliphatic heterocycles. The van der Waals surface area contributed by atoms with Crippen LogP contribution in [0.2, 0.25) is 0 Å². The van der Waals surface area contributed by atoms with E-state index in [1.807, 2.05) is 0 Å². The summed E-state index contributed by atoms with van der Waals surface area (Å²) >= 11 is 0. The van der Waals surface area contributed by atoms with Gasteiger partial charge >= 0.3 is 11.9 Å². The monoisotopic (exact) mass is 379 g/mol. The minimum Gasteiger partial charge on any atom is -0.459 e. The Kier molecular flexibility index (Phi) is 6.41. The van der Waals surface area contributed by atoms with Gasteiger partial charge in [0.05, 0.1) is 11.1 Å². The Bertz CT molecular complexity index is 895. The smallest absolute Gasteiger partial charge is 0.338 e. The molecule has 8 nitrogen and oxygen atoms in total. The van der Waals surface area contributed by atoms with Crippen molar-refractivity contribution < 1.29 is 23.8 Å². The maximum absolute atomic E-state index is 12.3. The fourth-order valence-electron chi connectivity index (χ4n) is 2.58. The molecule has 1 aliphatic rings. The molecule has 1 heterocycles. The molecular weight excluding hydrogens is 362 g/mol. The molecule has 28 heavy (non-hydrogen) atoms. The fraction of sp³-hybridized carbons (Fsp3) is 0.200. The average Bonchev–Trinajstić information content (AvgIpc) is 2.75. The zero-order chi connectivity index (χ0) is 19.8. The standard InChI is InChI=1S/C20H17N3O5/c21-23-22-18-12-11-16(28-20(25)15-9-5-2-6-10-15)17(27-18)13-26-19(24)14-7-3-1-4-8-14/h1-12,16-18H,13H2/t16-,17+,18+/m0/s1. The van der Waals surface area contributed by atoms with Crippen molar-refractivity contribution in [3.63, 3.8) is 0 Å². The normalized spacial score (nSPS) is 20.6. The van der Waals surface area contributed by atoms with Gasteiger partial charge in [0.25, 0.3) is 0 Å². The van der Waals surface area contributed by atoms with E-state index in [-0.39, 0.29) is 6.61 Å². The molecule has 0 aromatic heterocycles. The lowest BCUT2D eigenvalue weighted by Gasteiger charge is -2.30. The quantitative estimate of drug-likeness (QED) is 0.250. The van der Waals surface area contributed by atoms with E-state index < -0.39 is 30.4 Å². The van der Waals surface area contributed by atoms with Gasteiger partial charge in [-0.15, -0.1) is 0 Å². The van der Waals surface area contributed by atoms with Crippen molar-refractivity contribution >= 4 is 11.9 Å². The maximum atomic E-state index is 12.3. The van der Waals surface area contributed by atoms with Gasteiger partial charge in [0.1, 0.15) is 18.8 Å². The Balaban J connectivity index is 1.69. The third-order valence-corrected chi connectivity index (χ3v) is 3.95. The van der Waals surface area contributed by atoms with Crippen LogP contribution >= 0.6 is 0 Å². The number of hydrogen-bond donors (Lipinski definition) is 0. The molecule has 8 heteroatoms. The number of benzene rings is 2. The largest absolute Gasteiger partial charge is 0.459 e. The fourth-order valence-corrected chi connectivity index (χ4v) is 2.58. The summed E-state index contributed by atoms with van der Waals surface area (Å²) in [5.41, 5.74) is 9.38. The Morgan fingerprint density at radius 2 is 1.57 bits per heavy atom. The number of carbonyl (C=O) groups excluding carboxylic acids is 2. The van der Waals surface area contributed by atoms with Crippen molar-refractivity contribution in [2.45, 2.75) is 18.4 Å². The molecule has 3 rings (SSSR count). The van der Waals surface area contributed by atoms with Crippen molar-refractivity contribution in [3.05, 3.63) is 94.4 Å². The Morgan fingerprint density at radius 1 is 0.964 bits per heavy atom. The van der Waals surface area contributed by atoms with Crippen molar-refractivity contribution in [2.75, 3.05) is 6.61 Å². The lowest BCUT2D eigenvalue weighted by Crippen LogP contribution is -2.41. The van der Waals surface area contributed by atoms with E-state index in [4.69, 9.17) is 19.7 Å². The summed E-state index contributed by atoms with van der Waals surface area (Å²) in [6.07, 6.45) is 0.544. The maximum Gasteiger partial charge on any atom is 0.338 e. The summed E-state index contributed by atoms with van der Waals surface area (Å²) in [5.74, 6) is -1.08. The molecule has 0 saturated heterocycles. The molecule has 0 fully saturated rings. The van der Waals surface area contributed by atoms with Crippen LogP contribution in [0.5, 0.6) is 0 Å². The highest BCUT2D eigenvalue weighted by Crippen LogP contribution is 2.19. The predicted molar refractivity (Wildman–Crippen MR) is 99.3 cm³/mol. The van der Waals surface area contributed by atoms with Gasteiger partial charge in [-0.05, 0) is 35.9 Å². The van der Waals surface area contributed by atoms with Gasteiger partial charge < -0.3 is 14.2 Å². The number of rotatable bonds is 6. The van der Waals surface area contributed by atoms with E-state index in [1.54, 1.807) is 66.7 Å². The van der Waals surface area contributed by atoms with Gasteiger partial charge in [0.15, 0.2) is 6.23 Å². The number of hydrogen-bond acceptors (Lipinski definition) is 6. The third kappa shape index (κ3) is 4.97. The van der Waals surface area contributed by atoms with Crippen molar-refractivity contribution in [2.24, 2.45) is 5.11 Å². The molecule has 0 unspecified atom stereocenters. The Labute approximate surface area is 161 Å². The molecule has 142 valence electrons. The summed E-state index contributed by atoms with van der Waals surface area (Å²) in [6, 6.07) is 17.0. The molecule has 3 atom stereocenters. The van der Waals surface area contributed by atoms with Gasteiger partial charge in [0.2, 0.25) is 0 Å². The number of nitrogens with zero attached hydrogens (tertiary/aromatic N) is 3. The number of azide groups is 1. The first-order valence-corrected chi connectivity index (χ1v) is 8.53. The van der Waals surface area contributed by atoms with Crippen LogP contribution in [-0.2, 0) is 14.2 Å². The minimum atomic E-state index is -0.878.